The van der Waals surface area contributed by atoms with Crippen LogP contribution in [0.25, 0.3) is 0 Å². The Morgan fingerprint density at radius 3 is 2.59 bits per heavy atom. The van der Waals surface area contributed by atoms with Crippen LogP contribution in [0.5, 0.6) is 0 Å². The summed E-state index contributed by atoms with van der Waals surface area (Å²) in [7, 11) is 4.20. The van der Waals surface area contributed by atoms with Crippen molar-refractivity contribution in [3.05, 3.63) is 35.4 Å². The summed E-state index contributed by atoms with van der Waals surface area (Å²) in [5, 5.41) is 3.56. The zero-order chi connectivity index (χ0) is 21.2. The van der Waals surface area contributed by atoms with Gasteiger partial charge in [-0.1, -0.05) is 29.8 Å². The number of benzene rings is 1. The topological polar surface area (TPSA) is 60.4 Å². The number of carbonyl (C=O) groups excluding carboxylic acids is 1. The molecule has 2 aliphatic rings. The predicted octanol–water partition coefficient (Wildman–Crippen LogP) is 2.48. The zero-order valence-electron chi connectivity index (χ0n) is 18.6. The molecular formula is C22H35N5O2. The zero-order valence-corrected chi connectivity index (χ0v) is 18.6. The molecule has 0 aliphatic carbocycles. The number of piperazine rings is 1. The van der Waals surface area contributed by atoms with Crippen LogP contribution in [-0.2, 0) is 4.74 Å². The molecule has 1 saturated heterocycles. The van der Waals surface area contributed by atoms with Gasteiger partial charge in [-0.3, -0.25) is 4.99 Å². The van der Waals surface area contributed by atoms with Gasteiger partial charge in [0.2, 0.25) is 0 Å². The molecule has 7 heteroatoms. The van der Waals surface area contributed by atoms with Crippen molar-refractivity contribution in [1.82, 2.24) is 20.0 Å². The summed E-state index contributed by atoms with van der Waals surface area (Å²) in [6, 6.07) is 9.19. The number of hydrogen-bond acceptors (Lipinski definition) is 6. The molecule has 0 aromatic heterocycles. The van der Waals surface area contributed by atoms with E-state index in [4.69, 9.17) is 9.73 Å². The monoisotopic (exact) mass is 401 g/mol. The molecule has 2 atom stereocenters. The SMILES string of the molecule is Cc1ccc(C(CNC2=NCC3CN(C(=O)OC(C)(C)C)CCN23)N(C)C)cc1. The number of aliphatic imine (C=N–C) groups is 1. The summed E-state index contributed by atoms with van der Waals surface area (Å²) >= 11 is 0. The van der Waals surface area contributed by atoms with Crippen LogP contribution < -0.4 is 5.32 Å². The molecule has 1 aromatic rings. The lowest BCUT2D eigenvalue weighted by Crippen LogP contribution is -2.58. The summed E-state index contributed by atoms with van der Waals surface area (Å²) in [4.78, 5) is 23.4. The molecule has 3 rings (SSSR count). The lowest BCUT2D eigenvalue weighted by Gasteiger charge is -2.39. The summed E-state index contributed by atoms with van der Waals surface area (Å²) in [5.74, 6) is 0.942. The van der Waals surface area contributed by atoms with Gasteiger partial charge in [-0.2, -0.15) is 0 Å². The van der Waals surface area contributed by atoms with E-state index >= 15 is 0 Å². The first kappa shape index (κ1) is 21.4. The van der Waals surface area contributed by atoms with Crippen LogP contribution in [0, 0.1) is 6.92 Å². The van der Waals surface area contributed by atoms with E-state index in [-0.39, 0.29) is 18.2 Å². The summed E-state index contributed by atoms with van der Waals surface area (Å²) < 4.78 is 5.53. The third kappa shape index (κ3) is 5.41. The smallest absolute Gasteiger partial charge is 0.410 e. The molecule has 29 heavy (non-hydrogen) atoms. The average Bonchev–Trinajstić information content (AvgIpc) is 3.04. The van der Waals surface area contributed by atoms with Gasteiger partial charge in [0, 0.05) is 26.2 Å². The Kier molecular flexibility index (Phi) is 6.36. The molecule has 0 radical (unpaired) electrons. The van der Waals surface area contributed by atoms with Crippen LogP contribution in [0.15, 0.2) is 29.3 Å². The quantitative estimate of drug-likeness (QED) is 0.840. The van der Waals surface area contributed by atoms with E-state index in [9.17, 15) is 4.79 Å². The highest BCUT2D eigenvalue weighted by Crippen LogP contribution is 2.21. The maximum absolute atomic E-state index is 12.4. The molecule has 2 heterocycles. The first-order chi connectivity index (χ1) is 13.6. The molecule has 160 valence electrons. The van der Waals surface area contributed by atoms with E-state index in [0.29, 0.717) is 19.6 Å². The third-order valence-electron chi connectivity index (χ3n) is 5.40. The van der Waals surface area contributed by atoms with Crippen LogP contribution in [0.4, 0.5) is 4.79 Å². The number of rotatable bonds is 4. The number of ether oxygens (including phenoxy) is 1. The number of guanidine groups is 1. The fourth-order valence-corrected chi connectivity index (χ4v) is 3.80. The van der Waals surface area contributed by atoms with Crippen molar-refractivity contribution in [3.8, 4) is 0 Å². The number of nitrogens with one attached hydrogen (secondary N) is 1. The minimum absolute atomic E-state index is 0.218. The lowest BCUT2D eigenvalue weighted by atomic mass is 10.0. The molecule has 1 aromatic carbocycles. The maximum Gasteiger partial charge on any atom is 0.410 e. The van der Waals surface area contributed by atoms with Crippen molar-refractivity contribution in [2.24, 2.45) is 4.99 Å². The van der Waals surface area contributed by atoms with E-state index in [2.05, 4.69) is 60.4 Å². The Morgan fingerprint density at radius 1 is 1.28 bits per heavy atom. The Bertz CT molecular complexity index is 739. The number of fused-ring (bicyclic) bond motifs is 1. The normalized spacial score (nSPS) is 20.4. The Morgan fingerprint density at radius 2 is 1.97 bits per heavy atom. The lowest BCUT2D eigenvalue weighted by molar-refractivity contribution is 0.0137. The first-order valence-corrected chi connectivity index (χ1v) is 10.4. The van der Waals surface area contributed by atoms with Gasteiger partial charge in [-0.15, -0.1) is 0 Å². The number of likely N-dealkylation sites (N-methyl/N-ethyl adjacent to an activating group) is 1. The molecule has 2 aliphatic heterocycles. The highest BCUT2D eigenvalue weighted by molar-refractivity contribution is 5.82. The van der Waals surface area contributed by atoms with E-state index in [1.807, 2.05) is 20.8 Å². The number of carbonyl (C=O) groups is 1. The largest absolute Gasteiger partial charge is 0.444 e. The van der Waals surface area contributed by atoms with E-state index in [0.717, 1.165) is 19.0 Å². The van der Waals surface area contributed by atoms with Gasteiger partial charge in [0.05, 0.1) is 18.6 Å². The summed E-state index contributed by atoms with van der Waals surface area (Å²) in [6.07, 6.45) is -0.231. The van der Waals surface area contributed by atoms with Crippen molar-refractivity contribution in [2.75, 3.05) is 46.8 Å². The Balaban J connectivity index is 1.56. The van der Waals surface area contributed by atoms with Gasteiger partial charge in [-0.25, -0.2) is 4.79 Å². The van der Waals surface area contributed by atoms with Crippen molar-refractivity contribution in [3.63, 3.8) is 0 Å². The van der Waals surface area contributed by atoms with E-state index in [1.54, 1.807) is 4.90 Å². The molecule has 0 saturated carbocycles. The van der Waals surface area contributed by atoms with E-state index in [1.165, 1.54) is 11.1 Å². The highest BCUT2D eigenvalue weighted by atomic mass is 16.6. The number of aryl methyl sites for hydroxylation is 1. The maximum atomic E-state index is 12.4. The van der Waals surface area contributed by atoms with Crippen molar-refractivity contribution in [1.29, 1.82) is 0 Å². The molecule has 1 N–H and O–H groups in total. The molecule has 2 unspecified atom stereocenters. The fourth-order valence-electron chi connectivity index (χ4n) is 3.80. The average molecular weight is 402 g/mol. The van der Waals surface area contributed by atoms with Crippen LogP contribution in [-0.4, -0.2) is 85.2 Å². The van der Waals surface area contributed by atoms with Gasteiger partial charge in [0.25, 0.3) is 0 Å². The van der Waals surface area contributed by atoms with Gasteiger partial charge < -0.3 is 24.8 Å². The third-order valence-corrected chi connectivity index (χ3v) is 5.40. The standard InChI is InChI=1S/C22H35N5O2/c1-16-7-9-17(10-8-16)19(25(5)6)14-24-20-23-13-18-15-26(11-12-27(18)20)21(28)29-22(2,3)4/h7-10,18-19H,11-15H2,1-6H3,(H,23,24). The van der Waals surface area contributed by atoms with Crippen LogP contribution in [0.3, 0.4) is 0 Å². The van der Waals surface area contributed by atoms with Crippen molar-refractivity contribution < 1.29 is 9.53 Å². The molecule has 1 amide bonds. The minimum Gasteiger partial charge on any atom is -0.444 e. The van der Waals surface area contributed by atoms with E-state index < -0.39 is 5.60 Å². The van der Waals surface area contributed by atoms with Crippen molar-refractivity contribution in [2.45, 2.75) is 45.4 Å². The second-order valence-electron chi connectivity index (χ2n) is 9.21. The molecule has 7 nitrogen and oxygen atoms in total. The van der Waals surface area contributed by atoms with Gasteiger partial charge in [0.15, 0.2) is 5.96 Å². The molecule has 0 spiro atoms. The number of hydrogen-bond donors (Lipinski definition) is 1. The second-order valence-corrected chi connectivity index (χ2v) is 9.21. The molecular weight excluding hydrogens is 366 g/mol. The van der Waals surface area contributed by atoms with Crippen LogP contribution >= 0.6 is 0 Å². The Labute approximate surface area is 174 Å². The minimum atomic E-state index is -0.468. The first-order valence-electron chi connectivity index (χ1n) is 10.4. The highest BCUT2D eigenvalue weighted by Gasteiger charge is 2.36. The second kappa shape index (κ2) is 8.61. The van der Waals surface area contributed by atoms with Crippen LogP contribution in [0.1, 0.15) is 37.9 Å². The van der Waals surface area contributed by atoms with Gasteiger partial charge in [0.1, 0.15) is 5.60 Å². The summed E-state index contributed by atoms with van der Waals surface area (Å²) in [5.41, 5.74) is 2.09. The van der Waals surface area contributed by atoms with Crippen LogP contribution in [0.2, 0.25) is 0 Å². The van der Waals surface area contributed by atoms with Gasteiger partial charge in [-0.05, 0) is 47.4 Å². The summed E-state index contributed by atoms with van der Waals surface area (Å²) in [6.45, 7) is 11.4. The number of amides is 1. The molecule has 1 fully saturated rings. The predicted molar refractivity (Wildman–Crippen MR) is 116 cm³/mol. The number of nitrogens with zero attached hydrogens (tertiary/aromatic N) is 4. The Hall–Kier alpha value is -2.28. The van der Waals surface area contributed by atoms with Gasteiger partial charge >= 0.3 is 6.09 Å². The van der Waals surface area contributed by atoms with Crippen molar-refractivity contribution >= 4 is 12.1 Å². The molecule has 0 bridgehead atoms. The fraction of sp³-hybridized carbons (Fsp3) is 0.636.